The number of phenols is 2. The molecule has 164 valence electrons. The number of phenolic OH excluding ortho intramolecular Hbond substituents is 2. The first-order chi connectivity index (χ1) is 14.6. The maximum Gasteiger partial charge on any atom is 0.160 e. The van der Waals surface area contributed by atoms with Crippen molar-refractivity contribution < 1.29 is 14.9 Å². The number of nitrogens with zero attached hydrogens (tertiary/aromatic N) is 1. The second-order valence-electron chi connectivity index (χ2n) is 8.19. The standard InChI is InChI=1S/C25H36N2O3/c1-3-4-5-8-17-27(26-16-15-19-9-6-7-10-24(19)30-2)21-12-13-22-20(18-21)11-14-23(28)25(22)29/h6-7,9-11,14,21,26,28-29H,3-5,8,12-13,15-18H2,1-2H3. The summed E-state index contributed by atoms with van der Waals surface area (Å²) >= 11 is 0. The third kappa shape index (κ3) is 5.67. The van der Waals surface area contributed by atoms with Crippen LogP contribution < -0.4 is 10.2 Å². The fraction of sp³-hybridized carbons (Fsp3) is 0.520. The van der Waals surface area contributed by atoms with Gasteiger partial charge in [-0.3, -0.25) is 5.43 Å². The normalized spacial score (nSPS) is 15.9. The van der Waals surface area contributed by atoms with Crippen LogP contribution in [0.25, 0.3) is 0 Å². The summed E-state index contributed by atoms with van der Waals surface area (Å²) < 4.78 is 5.49. The van der Waals surface area contributed by atoms with Gasteiger partial charge in [0.1, 0.15) is 5.75 Å². The zero-order valence-electron chi connectivity index (χ0n) is 18.4. The zero-order valence-corrected chi connectivity index (χ0v) is 18.4. The van der Waals surface area contributed by atoms with Gasteiger partial charge in [-0.25, -0.2) is 5.01 Å². The van der Waals surface area contributed by atoms with Crippen LogP contribution in [0.15, 0.2) is 36.4 Å². The van der Waals surface area contributed by atoms with Gasteiger partial charge in [-0.05, 0) is 55.4 Å². The molecule has 0 saturated carbocycles. The van der Waals surface area contributed by atoms with E-state index in [1.165, 1.54) is 31.2 Å². The molecule has 1 aliphatic rings. The zero-order chi connectivity index (χ0) is 21.3. The summed E-state index contributed by atoms with van der Waals surface area (Å²) in [5.74, 6) is 0.985. The van der Waals surface area contributed by atoms with Crippen LogP contribution in [0, 0.1) is 0 Å². The van der Waals surface area contributed by atoms with E-state index in [2.05, 4.69) is 29.5 Å². The predicted octanol–water partition coefficient (Wildman–Crippen LogP) is 4.59. The molecule has 2 aromatic carbocycles. The molecule has 0 bridgehead atoms. The van der Waals surface area contributed by atoms with Crippen LogP contribution in [0.3, 0.4) is 0 Å². The summed E-state index contributed by atoms with van der Waals surface area (Å²) in [4.78, 5) is 0. The van der Waals surface area contributed by atoms with Crippen LogP contribution in [0.2, 0.25) is 0 Å². The molecule has 0 amide bonds. The van der Waals surface area contributed by atoms with Crippen LogP contribution in [-0.4, -0.2) is 41.5 Å². The van der Waals surface area contributed by atoms with Gasteiger partial charge in [0, 0.05) is 24.7 Å². The molecule has 2 aromatic rings. The molecule has 0 heterocycles. The van der Waals surface area contributed by atoms with E-state index in [-0.39, 0.29) is 11.5 Å². The predicted molar refractivity (Wildman–Crippen MR) is 121 cm³/mol. The van der Waals surface area contributed by atoms with Crippen molar-refractivity contribution in [2.75, 3.05) is 20.2 Å². The van der Waals surface area contributed by atoms with Gasteiger partial charge < -0.3 is 14.9 Å². The van der Waals surface area contributed by atoms with Crippen molar-refractivity contribution in [2.24, 2.45) is 0 Å². The van der Waals surface area contributed by atoms with E-state index < -0.39 is 0 Å². The molecular weight excluding hydrogens is 376 g/mol. The monoisotopic (exact) mass is 412 g/mol. The maximum absolute atomic E-state index is 10.2. The molecule has 1 aliphatic carbocycles. The number of hydrogen-bond donors (Lipinski definition) is 3. The minimum Gasteiger partial charge on any atom is -0.504 e. The summed E-state index contributed by atoms with van der Waals surface area (Å²) in [7, 11) is 1.72. The number of nitrogens with one attached hydrogen (secondary N) is 1. The Morgan fingerprint density at radius 2 is 1.93 bits per heavy atom. The average Bonchev–Trinajstić information content (AvgIpc) is 2.78. The summed E-state index contributed by atoms with van der Waals surface area (Å²) in [6.45, 7) is 4.12. The Hall–Kier alpha value is -2.24. The van der Waals surface area contributed by atoms with Gasteiger partial charge in [0.05, 0.1) is 7.11 Å². The highest BCUT2D eigenvalue weighted by atomic mass is 16.5. The van der Waals surface area contributed by atoms with Crippen LogP contribution in [0.1, 0.15) is 55.7 Å². The Labute approximate surface area is 180 Å². The molecule has 5 nitrogen and oxygen atoms in total. The number of ether oxygens (including phenoxy) is 1. The molecule has 0 radical (unpaired) electrons. The highest BCUT2D eigenvalue weighted by Gasteiger charge is 2.26. The minimum absolute atomic E-state index is 0.0152. The first-order valence-corrected chi connectivity index (χ1v) is 11.3. The lowest BCUT2D eigenvalue weighted by atomic mass is 9.87. The average molecular weight is 413 g/mol. The summed E-state index contributed by atoms with van der Waals surface area (Å²) in [6, 6.07) is 12.2. The molecule has 0 aliphatic heterocycles. The van der Waals surface area contributed by atoms with Gasteiger partial charge in [0.15, 0.2) is 11.5 Å². The first-order valence-electron chi connectivity index (χ1n) is 11.3. The molecule has 0 saturated heterocycles. The fourth-order valence-corrected chi connectivity index (χ4v) is 4.41. The number of aromatic hydroxyl groups is 2. The number of benzene rings is 2. The number of hydrazine groups is 1. The van der Waals surface area contributed by atoms with Crippen LogP contribution in [0.4, 0.5) is 0 Å². The quantitative estimate of drug-likeness (QED) is 0.286. The van der Waals surface area contributed by atoms with Crippen molar-refractivity contribution in [3.8, 4) is 17.2 Å². The summed E-state index contributed by atoms with van der Waals surface area (Å²) in [5.41, 5.74) is 6.96. The van der Waals surface area contributed by atoms with Gasteiger partial charge in [0.25, 0.3) is 0 Å². The molecule has 1 unspecified atom stereocenters. The Morgan fingerprint density at radius 1 is 1.10 bits per heavy atom. The molecule has 3 rings (SSSR count). The SMILES string of the molecule is CCCCCCN(NCCc1ccccc1OC)C1CCc2c(ccc(O)c2O)C1. The molecule has 0 aromatic heterocycles. The van der Waals surface area contributed by atoms with Gasteiger partial charge in [-0.15, -0.1) is 0 Å². The summed E-state index contributed by atoms with van der Waals surface area (Å²) in [5, 5.41) is 22.4. The lowest BCUT2D eigenvalue weighted by molar-refractivity contribution is 0.109. The van der Waals surface area contributed by atoms with Crippen molar-refractivity contribution in [1.29, 1.82) is 0 Å². The fourth-order valence-electron chi connectivity index (χ4n) is 4.41. The van der Waals surface area contributed by atoms with E-state index in [0.717, 1.165) is 55.6 Å². The number of methoxy groups -OCH3 is 1. The van der Waals surface area contributed by atoms with Crippen LogP contribution in [0.5, 0.6) is 17.2 Å². The van der Waals surface area contributed by atoms with E-state index in [0.29, 0.717) is 6.04 Å². The van der Waals surface area contributed by atoms with Gasteiger partial charge in [-0.1, -0.05) is 50.5 Å². The minimum atomic E-state index is -0.0152. The van der Waals surface area contributed by atoms with E-state index in [1.54, 1.807) is 13.2 Å². The third-order valence-electron chi connectivity index (χ3n) is 6.14. The highest BCUT2D eigenvalue weighted by molar-refractivity contribution is 5.50. The Morgan fingerprint density at radius 3 is 2.73 bits per heavy atom. The van der Waals surface area contributed by atoms with Crippen molar-refractivity contribution in [2.45, 2.75) is 64.3 Å². The van der Waals surface area contributed by atoms with Gasteiger partial charge in [-0.2, -0.15) is 0 Å². The largest absolute Gasteiger partial charge is 0.504 e. The Bertz CT molecular complexity index is 809. The molecular formula is C25H36N2O3. The molecule has 30 heavy (non-hydrogen) atoms. The van der Waals surface area contributed by atoms with Crippen molar-refractivity contribution in [3.63, 3.8) is 0 Å². The van der Waals surface area contributed by atoms with E-state index in [1.807, 2.05) is 18.2 Å². The van der Waals surface area contributed by atoms with E-state index >= 15 is 0 Å². The topological polar surface area (TPSA) is 65.0 Å². The lowest BCUT2D eigenvalue weighted by Gasteiger charge is -2.36. The number of hydrogen-bond acceptors (Lipinski definition) is 5. The van der Waals surface area contributed by atoms with Crippen molar-refractivity contribution >= 4 is 0 Å². The van der Waals surface area contributed by atoms with Crippen LogP contribution in [-0.2, 0) is 19.3 Å². The van der Waals surface area contributed by atoms with Crippen molar-refractivity contribution in [3.05, 3.63) is 53.1 Å². The van der Waals surface area contributed by atoms with Crippen molar-refractivity contribution in [1.82, 2.24) is 10.4 Å². The summed E-state index contributed by atoms with van der Waals surface area (Å²) in [6.07, 6.45) is 8.50. The highest BCUT2D eigenvalue weighted by Crippen LogP contribution is 2.36. The maximum atomic E-state index is 10.2. The molecule has 0 fully saturated rings. The number of fused-ring (bicyclic) bond motifs is 1. The Balaban J connectivity index is 1.63. The van der Waals surface area contributed by atoms with Gasteiger partial charge in [0.2, 0.25) is 0 Å². The third-order valence-corrected chi connectivity index (χ3v) is 6.14. The second kappa shape index (κ2) is 11.2. The smallest absolute Gasteiger partial charge is 0.160 e. The van der Waals surface area contributed by atoms with Crippen LogP contribution >= 0.6 is 0 Å². The molecule has 3 N–H and O–H groups in total. The lowest BCUT2D eigenvalue weighted by Crippen LogP contribution is -2.49. The number of para-hydroxylation sites is 1. The number of rotatable bonds is 11. The van der Waals surface area contributed by atoms with E-state index in [4.69, 9.17) is 4.74 Å². The van der Waals surface area contributed by atoms with E-state index in [9.17, 15) is 10.2 Å². The second-order valence-corrected chi connectivity index (χ2v) is 8.19. The molecule has 1 atom stereocenters. The molecule has 0 spiro atoms. The number of unbranched alkanes of at least 4 members (excludes halogenated alkanes) is 3. The molecule has 5 heteroatoms. The first kappa shape index (κ1) is 22.4. The van der Waals surface area contributed by atoms with Gasteiger partial charge >= 0.3 is 0 Å². The Kier molecular flexibility index (Phi) is 8.40.